The van der Waals surface area contributed by atoms with Crippen LogP contribution in [-0.4, -0.2) is 24.3 Å². The van der Waals surface area contributed by atoms with Crippen molar-refractivity contribution in [3.8, 4) is 0 Å². The van der Waals surface area contributed by atoms with E-state index in [-0.39, 0.29) is 5.82 Å². The summed E-state index contributed by atoms with van der Waals surface area (Å²) in [6.45, 7) is 4.87. The number of carbonyl (C=O) groups is 1. The lowest BCUT2D eigenvalue weighted by atomic mass is 10.2. The lowest BCUT2D eigenvalue weighted by Crippen LogP contribution is -2.26. The van der Waals surface area contributed by atoms with E-state index in [0.717, 1.165) is 15.6 Å². The highest BCUT2D eigenvalue weighted by Gasteiger charge is 2.14. The van der Waals surface area contributed by atoms with E-state index in [4.69, 9.17) is 4.74 Å². The molecule has 0 fully saturated rings. The van der Waals surface area contributed by atoms with Crippen molar-refractivity contribution in [3.05, 3.63) is 46.8 Å². The van der Waals surface area contributed by atoms with Gasteiger partial charge in [-0.3, -0.25) is 10.3 Å². The topological polar surface area (TPSA) is 50.7 Å². The second-order valence-corrected chi connectivity index (χ2v) is 6.44. The van der Waals surface area contributed by atoms with Crippen LogP contribution in [0.3, 0.4) is 0 Å². The zero-order valence-corrected chi connectivity index (χ0v) is 13.5. The van der Waals surface area contributed by atoms with Crippen LogP contribution in [-0.2, 0) is 11.2 Å². The number of nitrogens with zero attached hydrogens (tertiary/aromatic N) is 1. The molecule has 0 aliphatic carbocycles. The number of carbonyl (C=O) groups excluding carboxylic acids is 1. The van der Waals surface area contributed by atoms with Crippen LogP contribution >= 0.6 is 11.8 Å². The van der Waals surface area contributed by atoms with Crippen LogP contribution < -0.4 is 5.32 Å². The molecule has 4 nitrogen and oxygen atoms in total. The van der Waals surface area contributed by atoms with E-state index in [1.54, 1.807) is 12.1 Å². The molecule has 22 heavy (non-hydrogen) atoms. The molecule has 1 N–H and O–H groups in total. The Morgan fingerprint density at radius 3 is 2.82 bits per heavy atom. The summed E-state index contributed by atoms with van der Waals surface area (Å²) < 4.78 is 18.0. The van der Waals surface area contributed by atoms with Crippen molar-refractivity contribution in [1.82, 2.24) is 5.32 Å². The molecule has 1 heterocycles. The molecular weight excluding hydrogens is 303 g/mol. The van der Waals surface area contributed by atoms with Crippen molar-refractivity contribution in [2.75, 3.05) is 13.2 Å². The number of rotatable bonds is 5. The summed E-state index contributed by atoms with van der Waals surface area (Å²) in [6, 6.07) is 6.34. The number of alkyl carbamates (subject to hydrolysis) is 1. The van der Waals surface area contributed by atoms with Crippen molar-refractivity contribution in [1.29, 1.82) is 0 Å². The standard InChI is InChI=1S/C16H19FN2O2S/c1-11(2)10-21-16(20)19-14-7-8-18-15(22-14)9-12-3-5-13(17)6-4-12/h3-7,11H,8-10H2,1-2H3,(H,19,20). The van der Waals surface area contributed by atoms with Crippen molar-refractivity contribution in [2.24, 2.45) is 10.9 Å². The summed E-state index contributed by atoms with van der Waals surface area (Å²) in [5.74, 6) is 0.0477. The van der Waals surface area contributed by atoms with E-state index in [1.165, 1.54) is 23.9 Å². The maximum atomic E-state index is 12.9. The first-order valence-corrected chi connectivity index (χ1v) is 7.94. The van der Waals surface area contributed by atoms with Gasteiger partial charge < -0.3 is 4.74 Å². The molecule has 0 saturated carbocycles. The minimum atomic E-state index is -0.449. The first-order valence-electron chi connectivity index (χ1n) is 7.12. The Kier molecular flexibility index (Phi) is 6.00. The largest absolute Gasteiger partial charge is 0.449 e. The number of amides is 1. The van der Waals surface area contributed by atoms with Crippen LogP contribution in [0.15, 0.2) is 40.4 Å². The van der Waals surface area contributed by atoms with Crippen LogP contribution in [0, 0.1) is 11.7 Å². The van der Waals surface area contributed by atoms with E-state index >= 15 is 0 Å². The molecular formula is C16H19FN2O2S. The molecule has 1 aliphatic rings. The Morgan fingerprint density at radius 1 is 1.41 bits per heavy atom. The second-order valence-electron chi connectivity index (χ2n) is 5.33. The summed E-state index contributed by atoms with van der Waals surface area (Å²) in [4.78, 5) is 16.0. The highest BCUT2D eigenvalue weighted by atomic mass is 32.2. The SMILES string of the molecule is CC(C)COC(=O)NC1=CCN=C(Cc2ccc(F)cc2)S1. The maximum Gasteiger partial charge on any atom is 0.412 e. The van der Waals surface area contributed by atoms with Crippen LogP contribution in [0.5, 0.6) is 0 Å². The van der Waals surface area contributed by atoms with E-state index in [0.29, 0.717) is 25.5 Å². The summed E-state index contributed by atoms with van der Waals surface area (Å²) in [7, 11) is 0. The average Bonchev–Trinajstić information content (AvgIpc) is 2.48. The third kappa shape index (κ3) is 5.52. The molecule has 0 saturated heterocycles. The van der Waals surface area contributed by atoms with Gasteiger partial charge in [0.15, 0.2) is 0 Å². The normalized spacial score (nSPS) is 14.4. The highest BCUT2D eigenvalue weighted by molar-refractivity contribution is 8.17. The molecule has 1 aromatic rings. The molecule has 1 aromatic carbocycles. The predicted octanol–water partition coefficient (Wildman–Crippen LogP) is 3.74. The highest BCUT2D eigenvalue weighted by Crippen LogP contribution is 2.22. The number of ether oxygens (including phenoxy) is 1. The lowest BCUT2D eigenvalue weighted by Gasteiger charge is -2.15. The molecule has 6 heteroatoms. The summed E-state index contributed by atoms with van der Waals surface area (Å²) in [5.41, 5.74) is 0.983. The lowest BCUT2D eigenvalue weighted by molar-refractivity contribution is 0.136. The Bertz CT molecular complexity index is 582. The third-order valence-electron chi connectivity index (χ3n) is 2.81. The Labute approximate surface area is 133 Å². The van der Waals surface area contributed by atoms with Crippen LogP contribution in [0.1, 0.15) is 19.4 Å². The van der Waals surface area contributed by atoms with Gasteiger partial charge in [-0.05, 0) is 29.7 Å². The Balaban J connectivity index is 1.84. The zero-order valence-electron chi connectivity index (χ0n) is 12.6. The van der Waals surface area contributed by atoms with E-state index < -0.39 is 6.09 Å². The van der Waals surface area contributed by atoms with Gasteiger partial charge in [0.25, 0.3) is 0 Å². The molecule has 0 radical (unpaired) electrons. The van der Waals surface area contributed by atoms with Gasteiger partial charge in [0, 0.05) is 6.42 Å². The van der Waals surface area contributed by atoms with Gasteiger partial charge in [-0.15, -0.1) is 0 Å². The Hall–Kier alpha value is -1.82. The van der Waals surface area contributed by atoms with E-state index in [1.807, 2.05) is 19.9 Å². The monoisotopic (exact) mass is 322 g/mol. The van der Waals surface area contributed by atoms with Crippen molar-refractivity contribution < 1.29 is 13.9 Å². The number of benzene rings is 1. The van der Waals surface area contributed by atoms with E-state index in [9.17, 15) is 9.18 Å². The first kappa shape index (κ1) is 16.5. The van der Waals surface area contributed by atoms with Gasteiger partial charge in [0.05, 0.1) is 23.2 Å². The van der Waals surface area contributed by atoms with E-state index in [2.05, 4.69) is 10.3 Å². The number of aliphatic imine (C=N–C) groups is 1. The minimum Gasteiger partial charge on any atom is -0.449 e. The number of hydrogen-bond acceptors (Lipinski definition) is 4. The Morgan fingerprint density at radius 2 is 2.14 bits per heavy atom. The van der Waals surface area contributed by atoms with Gasteiger partial charge in [0.2, 0.25) is 0 Å². The van der Waals surface area contributed by atoms with Crippen molar-refractivity contribution >= 4 is 22.9 Å². The fourth-order valence-electron chi connectivity index (χ4n) is 1.76. The molecule has 0 aromatic heterocycles. The number of nitrogens with one attached hydrogen (secondary N) is 1. The quantitative estimate of drug-likeness (QED) is 0.898. The molecule has 1 amide bonds. The van der Waals surface area contributed by atoms with Gasteiger partial charge in [-0.2, -0.15) is 0 Å². The minimum absolute atomic E-state index is 0.253. The fraction of sp³-hybridized carbons (Fsp3) is 0.375. The second kappa shape index (κ2) is 7.98. The van der Waals surface area contributed by atoms with Gasteiger partial charge in [-0.25, -0.2) is 9.18 Å². The summed E-state index contributed by atoms with van der Waals surface area (Å²) in [6.07, 6.45) is 2.01. The summed E-state index contributed by atoms with van der Waals surface area (Å²) >= 11 is 1.40. The molecule has 2 rings (SSSR count). The van der Waals surface area contributed by atoms with Crippen LogP contribution in [0.4, 0.5) is 9.18 Å². The van der Waals surface area contributed by atoms with Crippen LogP contribution in [0.2, 0.25) is 0 Å². The van der Waals surface area contributed by atoms with Crippen molar-refractivity contribution in [3.63, 3.8) is 0 Å². The van der Waals surface area contributed by atoms with Gasteiger partial charge in [0.1, 0.15) is 5.82 Å². The molecule has 1 aliphatic heterocycles. The number of hydrogen-bond donors (Lipinski definition) is 1. The predicted molar refractivity (Wildman–Crippen MR) is 87.4 cm³/mol. The van der Waals surface area contributed by atoms with Crippen molar-refractivity contribution in [2.45, 2.75) is 20.3 Å². The third-order valence-corrected chi connectivity index (χ3v) is 3.81. The van der Waals surface area contributed by atoms with Crippen LogP contribution in [0.25, 0.3) is 0 Å². The first-order chi connectivity index (χ1) is 10.5. The summed E-state index contributed by atoms with van der Waals surface area (Å²) in [5, 5.41) is 4.33. The smallest absolute Gasteiger partial charge is 0.412 e. The molecule has 0 unspecified atom stereocenters. The fourth-order valence-corrected chi connectivity index (χ4v) is 2.68. The number of halogens is 1. The molecule has 0 bridgehead atoms. The molecule has 0 atom stereocenters. The van der Waals surface area contributed by atoms with Gasteiger partial charge in [-0.1, -0.05) is 37.7 Å². The zero-order chi connectivity index (χ0) is 15.9. The maximum absolute atomic E-state index is 12.9. The molecule has 0 spiro atoms. The van der Waals surface area contributed by atoms with Gasteiger partial charge >= 0.3 is 6.09 Å². The molecule has 118 valence electrons. The number of thioether (sulfide) groups is 1. The average molecular weight is 322 g/mol.